The van der Waals surface area contributed by atoms with Gasteiger partial charge in [-0.05, 0) is 50.4 Å². The van der Waals surface area contributed by atoms with Crippen molar-refractivity contribution in [2.24, 2.45) is 17.3 Å². The maximum atomic E-state index is 12.9. The summed E-state index contributed by atoms with van der Waals surface area (Å²) in [5.41, 5.74) is -0.125. The number of anilines is 1. The molecule has 0 aliphatic heterocycles. The van der Waals surface area contributed by atoms with Crippen LogP contribution in [0.1, 0.15) is 38.5 Å². The van der Waals surface area contributed by atoms with Crippen molar-refractivity contribution in [1.29, 1.82) is 0 Å². The third kappa shape index (κ3) is 2.97. The van der Waals surface area contributed by atoms with E-state index < -0.39 is 0 Å². The minimum Gasteiger partial charge on any atom is -0.367 e. The molecule has 6 heteroatoms. The number of halogens is 1. The van der Waals surface area contributed by atoms with E-state index in [9.17, 15) is 4.79 Å². The van der Waals surface area contributed by atoms with Crippen molar-refractivity contribution in [3.63, 3.8) is 0 Å². The van der Waals surface area contributed by atoms with E-state index in [0.29, 0.717) is 13.1 Å². The van der Waals surface area contributed by atoms with Crippen LogP contribution in [0.15, 0.2) is 18.6 Å². The van der Waals surface area contributed by atoms with Gasteiger partial charge in [0.1, 0.15) is 5.82 Å². The Labute approximate surface area is 145 Å². The van der Waals surface area contributed by atoms with Gasteiger partial charge in [0, 0.05) is 29.8 Å². The molecular formula is C17H23BrN4O. The molecule has 0 saturated heterocycles. The lowest BCUT2D eigenvalue weighted by molar-refractivity contribution is -0.143. The highest BCUT2D eigenvalue weighted by atomic mass is 79.9. The highest BCUT2D eigenvalue weighted by molar-refractivity contribution is 9.10. The molecule has 4 saturated carbocycles. The van der Waals surface area contributed by atoms with E-state index in [1.807, 2.05) is 0 Å². The fraction of sp³-hybridized carbons (Fsp3) is 0.706. The number of alkyl halides is 1. The SMILES string of the molecule is O=C(NCCNc1cnccn1)C12C[C@H]3C[C@@H](CC(Br)(C3)C1)C2. The van der Waals surface area contributed by atoms with Crippen molar-refractivity contribution in [2.75, 3.05) is 18.4 Å². The molecule has 2 atom stereocenters. The monoisotopic (exact) mass is 378 g/mol. The summed E-state index contributed by atoms with van der Waals surface area (Å²) in [5.74, 6) is 2.48. The van der Waals surface area contributed by atoms with E-state index in [2.05, 4.69) is 36.5 Å². The molecule has 0 radical (unpaired) electrons. The first-order valence-electron chi connectivity index (χ1n) is 8.54. The molecule has 1 aromatic rings. The molecule has 0 spiro atoms. The van der Waals surface area contributed by atoms with Gasteiger partial charge in [0.25, 0.3) is 0 Å². The standard InChI is InChI=1S/C17H23BrN4O/c18-17-8-12-5-13(9-17)7-16(6-12,11-17)15(23)22-4-3-21-14-10-19-1-2-20-14/h1-2,10,12-13H,3-9,11H2,(H,20,21)(H,22,23)/t12-,13-,16?,17?/m1/s1. The number of hydrogen-bond donors (Lipinski definition) is 2. The van der Waals surface area contributed by atoms with Crippen molar-refractivity contribution < 1.29 is 4.79 Å². The van der Waals surface area contributed by atoms with Crippen molar-refractivity contribution in [2.45, 2.75) is 42.8 Å². The van der Waals surface area contributed by atoms with Crippen LogP contribution in [0.25, 0.3) is 0 Å². The summed E-state index contributed by atoms with van der Waals surface area (Å²) in [5, 5.41) is 6.34. The van der Waals surface area contributed by atoms with Gasteiger partial charge in [-0.1, -0.05) is 15.9 Å². The number of nitrogens with one attached hydrogen (secondary N) is 2. The van der Waals surface area contributed by atoms with Gasteiger partial charge in [-0.15, -0.1) is 0 Å². The van der Waals surface area contributed by atoms with E-state index >= 15 is 0 Å². The summed E-state index contributed by atoms with van der Waals surface area (Å²) in [7, 11) is 0. The van der Waals surface area contributed by atoms with Crippen molar-refractivity contribution in [3.05, 3.63) is 18.6 Å². The van der Waals surface area contributed by atoms with Crippen molar-refractivity contribution in [3.8, 4) is 0 Å². The van der Waals surface area contributed by atoms with Crippen LogP contribution in [0, 0.1) is 17.3 Å². The largest absolute Gasteiger partial charge is 0.367 e. The summed E-state index contributed by atoms with van der Waals surface area (Å²) < 4.78 is 0.228. The van der Waals surface area contributed by atoms with Crippen LogP contribution in [0.2, 0.25) is 0 Å². The average molecular weight is 379 g/mol. The zero-order chi connectivity index (χ0) is 15.9. The first-order chi connectivity index (χ1) is 11.1. The number of aromatic nitrogens is 2. The Morgan fingerprint density at radius 3 is 2.65 bits per heavy atom. The molecule has 4 fully saturated rings. The first-order valence-corrected chi connectivity index (χ1v) is 9.33. The van der Waals surface area contributed by atoms with Crippen LogP contribution in [0.4, 0.5) is 5.82 Å². The summed E-state index contributed by atoms with van der Waals surface area (Å²) >= 11 is 3.97. The van der Waals surface area contributed by atoms with Gasteiger partial charge >= 0.3 is 0 Å². The second-order valence-corrected chi connectivity index (χ2v) is 9.35. The average Bonchev–Trinajstić information content (AvgIpc) is 2.50. The lowest BCUT2D eigenvalue weighted by Gasteiger charge is -2.59. The highest BCUT2D eigenvalue weighted by Crippen LogP contribution is 2.64. The molecule has 1 amide bonds. The molecule has 5 rings (SSSR count). The zero-order valence-corrected chi connectivity index (χ0v) is 14.8. The predicted molar refractivity (Wildman–Crippen MR) is 92.3 cm³/mol. The number of amides is 1. The van der Waals surface area contributed by atoms with E-state index in [1.165, 1.54) is 19.3 Å². The second-order valence-electron chi connectivity index (χ2n) is 7.67. The Morgan fingerprint density at radius 2 is 2.00 bits per heavy atom. The Kier molecular flexibility index (Phi) is 3.82. The molecule has 4 bridgehead atoms. The minimum atomic E-state index is -0.125. The topological polar surface area (TPSA) is 66.9 Å². The van der Waals surface area contributed by atoms with Gasteiger partial charge in [-0.25, -0.2) is 4.98 Å². The lowest BCUT2D eigenvalue weighted by Crippen LogP contribution is -2.58. The highest BCUT2D eigenvalue weighted by Gasteiger charge is 2.59. The summed E-state index contributed by atoms with van der Waals surface area (Å²) in [6.07, 6.45) is 12.0. The maximum Gasteiger partial charge on any atom is 0.226 e. The van der Waals surface area contributed by atoms with Gasteiger partial charge in [-0.3, -0.25) is 9.78 Å². The third-order valence-electron chi connectivity index (χ3n) is 5.75. The second kappa shape index (κ2) is 5.72. The molecule has 1 heterocycles. The van der Waals surface area contributed by atoms with E-state index in [4.69, 9.17) is 0 Å². The van der Waals surface area contributed by atoms with Crippen molar-refractivity contribution in [1.82, 2.24) is 15.3 Å². The molecule has 1 aromatic heterocycles. The van der Waals surface area contributed by atoms with Crippen LogP contribution < -0.4 is 10.6 Å². The predicted octanol–water partition coefficient (Wildman–Crippen LogP) is 2.74. The van der Waals surface area contributed by atoms with Crippen LogP contribution in [0.3, 0.4) is 0 Å². The quantitative estimate of drug-likeness (QED) is 0.610. The molecule has 23 heavy (non-hydrogen) atoms. The van der Waals surface area contributed by atoms with E-state index in [0.717, 1.165) is 36.9 Å². The molecule has 0 aromatic carbocycles. The lowest BCUT2D eigenvalue weighted by atomic mass is 9.49. The Bertz CT molecular complexity index is 580. The molecule has 0 unspecified atom stereocenters. The summed E-state index contributed by atoms with van der Waals surface area (Å²) in [6.45, 7) is 1.30. The molecular weight excluding hydrogens is 356 g/mol. The van der Waals surface area contributed by atoms with Gasteiger partial charge < -0.3 is 10.6 Å². The van der Waals surface area contributed by atoms with Crippen LogP contribution >= 0.6 is 15.9 Å². The number of nitrogens with zero attached hydrogens (tertiary/aromatic N) is 2. The maximum absolute atomic E-state index is 12.9. The Morgan fingerprint density at radius 1 is 1.22 bits per heavy atom. The fourth-order valence-corrected chi connectivity index (χ4v) is 6.81. The Balaban J connectivity index is 1.32. The fourth-order valence-electron chi connectivity index (χ4n) is 5.36. The first kappa shape index (κ1) is 15.4. The van der Waals surface area contributed by atoms with Crippen LogP contribution in [0.5, 0.6) is 0 Å². The van der Waals surface area contributed by atoms with Gasteiger partial charge in [0.15, 0.2) is 0 Å². The van der Waals surface area contributed by atoms with Crippen molar-refractivity contribution >= 4 is 27.7 Å². The molecule has 4 aliphatic rings. The Hall–Kier alpha value is -1.17. The smallest absolute Gasteiger partial charge is 0.226 e. The normalized spacial score (nSPS) is 37.6. The number of hydrogen-bond acceptors (Lipinski definition) is 4. The van der Waals surface area contributed by atoms with Gasteiger partial charge in [-0.2, -0.15) is 0 Å². The van der Waals surface area contributed by atoms with Crippen LogP contribution in [-0.4, -0.2) is 33.3 Å². The number of carbonyl (C=O) groups excluding carboxylic acids is 1. The molecule has 2 N–H and O–H groups in total. The number of rotatable bonds is 5. The number of carbonyl (C=O) groups is 1. The summed E-state index contributed by atoms with van der Waals surface area (Å²) in [6, 6.07) is 0. The van der Waals surface area contributed by atoms with Crippen LogP contribution in [-0.2, 0) is 4.79 Å². The molecule has 5 nitrogen and oxygen atoms in total. The van der Waals surface area contributed by atoms with E-state index in [-0.39, 0.29) is 15.6 Å². The molecule has 4 aliphatic carbocycles. The van der Waals surface area contributed by atoms with Gasteiger partial charge in [0.05, 0.1) is 11.6 Å². The summed E-state index contributed by atoms with van der Waals surface area (Å²) in [4.78, 5) is 21.0. The molecule has 124 valence electrons. The van der Waals surface area contributed by atoms with Gasteiger partial charge in [0.2, 0.25) is 5.91 Å². The third-order valence-corrected chi connectivity index (χ3v) is 6.68. The zero-order valence-electron chi connectivity index (χ0n) is 13.2. The minimum absolute atomic E-state index is 0.125. The van der Waals surface area contributed by atoms with E-state index in [1.54, 1.807) is 18.6 Å².